The van der Waals surface area contributed by atoms with Crippen molar-refractivity contribution in [1.29, 1.82) is 0 Å². The van der Waals surface area contributed by atoms with Gasteiger partial charge in [0.1, 0.15) is 5.82 Å². The van der Waals surface area contributed by atoms with Crippen molar-refractivity contribution in [2.45, 2.75) is 38.6 Å². The Morgan fingerprint density at radius 1 is 1.24 bits per heavy atom. The molecule has 4 nitrogen and oxygen atoms in total. The Morgan fingerprint density at radius 3 is 2.48 bits per heavy atom. The molecule has 0 spiro atoms. The molecule has 1 fully saturated rings. The van der Waals surface area contributed by atoms with Crippen LogP contribution in [0.25, 0.3) is 0 Å². The molecule has 1 saturated carbocycles. The van der Waals surface area contributed by atoms with Gasteiger partial charge in [-0.1, -0.05) is 31.0 Å². The quantitative estimate of drug-likeness (QED) is 0.897. The zero-order chi connectivity index (χ0) is 15.4. The van der Waals surface area contributed by atoms with E-state index in [-0.39, 0.29) is 11.7 Å². The van der Waals surface area contributed by atoms with Crippen LogP contribution in [0.4, 0.5) is 4.39 Å². The first-order valence-corrected chi connectivity index (χ1v) is 7.28. The second kappa shape index (κ2) is 6.70. The number of aliphatic carboxylic acids is 1. The Balaban J connectivity index is 2.06. The highest BCUT2D eigenvalue weighted by molar-refractivity contribution is 5.85. The molecular weight excluding hydrogens is 273 g/mol. The first-order valence-electron chi connectivity index (χ1n) is 7.28. The largest absolute Gasteiger partial charge is 0.481 e. The molecule has 0 unspecified atom stereocenters. The Labute approximate surface area is 123 Å². The summed E-state index contributed by atoms with van der Waals surface area (Å²) in [5, 5.41) is 12.0. The Hall–Kier alpha value is -1.91. The molecule has 1 aromatic rings. The van der Waals surface area contributed by atoms with E-state index >= 15 is 0 Å². The van der Waals surface area contributed by atoms with Gasteiger partial charge in [0.05, 0.1) is 17.9 Å². The number of carbonyl (C=O) groups is 2. The number of benzene rings is 1. The highest BCUT2D eigenvalue weighted by Crippen LogP contribution is 2.31. The SMILES string of the molecule is C[C@@H](NC(=O)[C@@H]1CCCC[C@@H]1C(=O)O)c1ccccc1F. The van der Waals surface area contributed by atoms with E-state index in [2.05, 4.69) is 5.32 Å². The predicted octanol–water partition coefficient (Wildman–Crippen LogP) is 2.89. The number of amides is 1. The zero-order valence-corrected chi connectivity index (χ0v) is 12.0. The minimum atomic E-state index is -0.923. The van der Waals surface area contributed by atoms with E-state index in [9.17, 15) is 19.1 Å². The van der Waals surface area contributed by atoms with Gasteiger partial charge in [0.15, 0.2) is 0 Å². The summed E-state index contributed by atoms with van der Waals surface area (Å²) in [5.41, 5.74) is 0.411. The van der Waals surface area contributed by atoms with E-state index < -0.39 is 23.8 Å². The van der Waals surface area contributed by atoms with Crippen LogP contribution < -0.4 is 5.32 Å². The van der Waals surface area contributed by atoms with Gasteiger partial charge in [-0.3, -0.25) is 9.59 Å². The first kappa shape index (κ1) is 15.5. The van der Waals surface area contributed by atoms with Gasteiger partial charge in [0, 0.05) is 5.56 Å². The number of carboxylic acids is 1. The maximum absolute atomic E-state index is 13.7. The summed E-state index contributed by atoms with van der Waals surface area (Å²) in [6.45, 7) is 1.70. The standard InChI is InChI=1S/C16H20FNO3/c1-10(11-6-4-5-9-14(11)17)18-15(19)12-7-2-3-8-13(12)16(20)21/h4-6,9-10,12-13H,2-3,7-8H2,1H3,(H,18,19)(H,20,21)/t10-,12-,13+/m1/s1. The topological polar surface area (TPSA) is 66.4 Å². The molecule has 1 aliphatic carbocycles. The van der Waals surface area contributed by atoms with Gasteiger partial charge < -0.3 is 10.4 Å². The van der Waals surface area contributed by atoms with Crippen molar-refractivity contribution in [2.75, 3.05) is 0 Å². The van der Waals surface area contributed by atoms with Gasteiger partial charge in [0.25, 0.3) is 0 Å². The van der Waals surface area contributed by atoms with Crippen molar-refractivity contribution in [3.05, 3.63) is 35.6 Å². The molecule has 114 valence electrons. The Morgan fingerprint density at radius 2 is 1.86 bits per heavy atom. The molecular formula is C16H20FNO3. The molecule has 0 aliphatic heterocycles. The fourth-order valence-corrected chi connectivity index (χ4v) is 2.96. The molecule has 1 aliphatic rings. The number of hydrogen-bond acceptors (Lipinski definition) is 2. The second-order valence-corrected chi connectivity index (χ2v) is 5.59. The van der Waals surface area contributed by atoms with E-state index in [1.54, 1.807) is 25.1 Å². The van der Waals surface area contributed by atoms with Crippen LogP contribution in [0.3, 0.4) is 0 Å². The van der Waals surface area contributed by atoms with Crippen molar-refractivity contribution in [1.82, 2.24) is 5.32 Å². The highest BCUT2D eigenvalue weighted by Gasteiger charge is 2.36. The van der Waals surface area contributed by atoms with Crippen molar-refractivity contribution in [3.63, 3.8) is 0 Å². The third kappa shape index (κ3) is 3.60. The lowest BCUT2D eigenvalue weighted by atomic mass is 9.78. The molecule has 0 aromatic heterocycles. The molecule has 1 amide bonds. The summed E-state index contributed by atoms with van der Waals surface area (Å²) in [4.78, 5) is 23.6. The van der Waals surface area contributed by atoms with Gasteiger partial charge in [-0.25, -0.2) is 4.39 Å². The lowest BCUT2D eigenvalue weighted by Crippen LogP contribution is -2.40. The monoisotopic (exact) mass is 293 g/mol. The number of hydrogen-bond donors (Lipinski definition) is 2. The summed E-state index contributed by atoms with van der Waals surface area (Å²) in [6.07, 6.45) is 2.80. The summed E-state index contributed by atoms with van der Waals surface area (Å²) in [6, 6.07) is 5.79. The molecule has 0 heterocycles. The summed E-state index contributed by atoms with van der Waals surface area (Å²) < 4.78 is 13.7. The maximum atomic E-state index is 13.7. The number of halogens is 1. The van der Waals surface area contributed by atoms with E-state index in [0.29, 0.717) is 18.4 Å². The molecule has 1 aromatic carbocycles. The number of carbonyl (C=O) groups excluding carboxylic acids is 1. The third-order valence-corrected chi connectivity index (χ3v) is 4.15. The van der Waals surface area contributed by atoms with Crippen molar-refractivity contribution in [3.8, 4) is 0 Å². The lowest BCUT2D eigenvalue weighted by molar-refractivity contribution is -0.149. The molecule has 2 N–H and O–H groups in total. The summed E-state index contributed by atoms with van der Waals surface area (Å²) in [5.74, 6) is -2.74. The average Bonchev–Trinajstić information content (AvgIpc) is 2.47. The second-order valence-electron chi connectivity index (χ2n) is 5.59. The van der Waals surface area contributed by atoms with Gasteiger partial charge in [-0.05, 0) is 25.8 Å². The van der Waals surface area contributed by atoms with Crippen LogP contribution in [0.1, 0.15) is 44.2 Å². The minimum Gasteiger partial charge on any atom is -0.481 e. The van der Waals surface area contributed by atoms with Crippen LogP contribution in [-0.2, 0) is 9.59 Å². The van der Waals surface area contributed by atoms with Crippen LogP contribution in [0.15, 0.2) is 24.3 Å². The normalized spacial score (nSPS) is 23.3. The third-order valence-electron chi connectivity index (χ3n) is 4.15. The van der Waals surface area contributed by atoms with Gasteiger partial charge in [-0.2, -0.15) is 0 Å². The Kier molecular flexibility index (Phi) is 4.94. The molecule has 0 bridgehead atoms. The highest BCUT2D eigenvalue weighted by atomic mass is 19.1. The van der Waals surface area contributed by atoms with Crippen molar-refractivity contribution >= 4 is 11.9 Å². The molecule has 0 radical (unpaired) electrons. The number of carboxylic acid groups (broad SMARTS) is 1. The smallest absolute Gasteiger partial charge is 0.307 e. The van der Waals surface area contributed by atoms with Gasteiger partial charge >= 0.3 is 5.97 Å². The van der Waals surface area contributed by atoms with E-state index in [1.807, 2.05) is 0 Å². The van der Waals surface area contributed by atoms with Crippen LogP contribution in [0.2, 0.25) is 0 Å². The van der Waals surface area contributed by atoms with Crippen LogP contribution in [0.5, 0.6) is 0 Å². The van der Waals surface area contributed by atoms with Crippen LogP contribution >= 0.6 is 0 Å². The van der Waals surface area contributed by atoms with Gasteiger partial charge in [-0.15, -0.1) is 0 Å². The number of nitrogens with one attached hydrogen (secondary N) is 1. The lowest BCUT2D eigenvalue weighted by Gasteiger charge is -2.28. The molecule has 21 heavy (non-hydrogen) atoms. The summed E-state index contributed by atoms with van der Waals surface area (Å²) in [7, 11) is 0. The zero-order valence-electron chi connectivity index (χ0n) is 12.0. The van der Waals surface area contributed by atoms with E-state index in [1.165, 1.54) is 6.07 Å². The number of rotatable bonds is 4. The Bertz CT molecular complexity index is 532. The van der Waals surface area contributed by atoms with Gasteiger partial charge in [0.2, 0.25) is 5.91 Å². The van der Waals surface area contributed by atoms with Crippen molar-refractivity contribution < 1.29 is 19.1 Å². The minimum absolute atomic E-state index is 0.294. The fraction of sp³-hybridized carbons (Fsp3) is 0.500. The first-order chi connectivity index (χ1) is 10.0. The predicted molar refractivity (Wildman–Crippen MR) is 76.0 cm³/mol. The van der Waals surface area contributed by atoms with E-state index in [0.717, 1.165) is 12.8 Å². The maximum Gasteiger partial charge on any atom is 0.307 e. The fourth-order valence-electron chi connectivity index (χ4n) is 2.96. The van der Waals surface area contributed by atoms with Crippen LogP contribution in [-0.4, -0.2) is 17.0 Å². The summed E-state index contributed by atoms with van der Waals surface area (Å²) >= 11 is 0. The molecule has 0 saturated heterocycles. The van der Waals surface area contributed by atoms with Crippen LogP contribution in [0, 0.1) is 17.7 Å². The molecule has 2 rings (SSSR count). The van der Waals surface area contributed by atoms with E-state index in [4.69, 9.17) is 0 Å². The van der Waals surface area contributed by atoms with Crippen molar-refractivity contribution in [2.24, 2.45) is 11.8 Å². The molecule has 5 heteroatoms. The molecule has 3 atom stereocenters. The average molecular weight is 293 g/mol.